The monoisotopic (exact) mass is 573 g/mol. The number of carbonyl (C=O) groups is 2. The molecule has 0 aromatic carbocycles. The second-order valence-corrected chi connectivity index (χ2v) is 12.7. The van der Waals surface area contributed by atoms with Gasteiger partial charge in [-0.1, -0.05) is 93.8 Å². The molecular formula is C32H47NO4S2. The molecule has 4 atom stereocenters. The Hall–Kier alpha value is -1.80. The Labute approximate surface area is 244 Å². The summed E-state index contributed by atoms with van der Waals surface area (Å²) in [6.07, 6.45) is 17.9. The van der Waals surface area contributed by atoms with Gasteiger partial charge in [0.2, 0.25) is 0 Å². The summed E-state index contributed by atoms with van der Waals surface area (Å²) in [5.41, 5.74) is -0.244. The number of thioether (sulfide) groups is 2. The molecule has 0 aromatic heterocycles. The van der Waals surface area contributed by atoms with Gasteiger partial charge in [0, 0.05) is 31.3 Å². The fourth-order valence-corrected chi connectivity index (χ4v) is 6.85. The molecule has 0 spiro atoms. The van der Waals surface area contributed by atoms with Gasteiger partial charge in [-0.2, -0.15) is 0 Å². The van der Waals surface area contributed by atoms with E-state index < -0.39 is 0 Å². The summed E-state index contributed by atoms with van der Waals surface area (Å²) < 4.78 is 11.6. The minimum absolute atomic E-state index is 0.131. The fraction of sp³-hybridized carbons (Fsp3) is 0.562. The molecule has 2 aliphatic rings. The molecule has 2 amide bonds. The first-order chi connectivity index (χ1) is 18.6. The Bertz CT molecular complexity index is 1030. The molecule has 0 N–H and O–H groups in total. The molecule has 4 unspecified atom stereocenters. The van der Waals surface area contributed by atoms with Crippen LogP contribution in [0.2, 0.25) is 0 Å². The van der Waals surface area contributed by atoms with Crippen molar-refractivity contribution >= 4 is 35.3 Å². The van der Waals surface area contributed by atoms with Gasteiger partial charge in [0.1, 0.15) is 0 Å². The molecular weight excluding hydrogens is 526 g/mol. The molecule has 1 heterocycles. The van der Waals surface area contributed by atoms with Gasteiger partial charge >= 0.3 is 0 Å². The number of amides is 2. The van der Waals surface area contributed by atoms with Crippen LogP contribution in [0.25, 0.3) is 0 Å². The first kappa shape index (κ1) is 33.4. The van der Waals surface area contributed by atoms with Crippen molar-refractivity contribution in [2.75, 3.05) is 20.3 Å². The van der Waals surface area contributed by atoms with Crippen LogP contribution in [0.5, 0.6) is 0 Å². The molecule has 0 bridgehead atoms. The van der Waals surface area contributed by atoms with E-state index in [9.17, 15) is 9.59 Å². The zero-order chi connectivity index (χ0) is 29.0. The molecule has 0 saturated heterocycles. The van der Waals surface area contributed by atoms with E-state index >= 15 is 0 Å². The molecule has 5 nitrogen and oxygen atoms in total. The van der Waals surface area contributed by atoms with Crippen LogP contribution in [0.3, 0.4) is 0 Å². The minimum atomic E-state index is -0.245. The van der Waals surface area contributed by atoms with Gasteiger partial charge in [-0.15, -0.1) is 0 Å². The predicted octanol–water partition coefficient (Wildman–Crippen LogP) is 8.19. The first-order valence-corrected chi connectivity index (χ1v) is 15.7. The average molecular weight is 574 g/mol. The minimum Gasteiger partial charge on any atom is -0.385 e. The lowest BCUT2D eigenvalue weighted by molar-refractivity contribution is -0.141. The lowest BCUT2D eigenvalue weighted by atomic mass is 9.93. The van der Waals surface area contributed by atoms with E-state index in [2.05, 4.69) is 40.3 Å². The molecule has 0 saturated carbocycles. The van der Waals surface area contributed by atoms with Crippen molar-refractivity contribution in [3.8, 4) is 0 Å². The third-order valence-corrected chi connectivity index (χ3v) is 9.92. The Balaban J connectivity index is 2.28. The normalized spacial score (nSPS) is 21.5. The molecule has 0 radical (unpaired) electrons. The van der Waals surface area contributed by atoms with Gasteiger partial charge in [0.05, 0.1) is 15.4 Å². The largest absolute Gasteiger partial charge is 0.385 e. The molecule has 7 heteroatoms. The van der Waals surface area contributed by atoms with Crippen LogP contribution < -0.4 is 0 Å². The lowest BCUT2D eigenvalue weighted by Gasteiger charge is -2.33. The van der Waals surface area contributed by atoms with Crippen molar-refractivity contribution in [2.45, 2.75) is 85.3 Å². The molecule has 0 fully saturated rings. The number of hydrogen-bond donors (Lipinski definition) is 0. The molecule has 0 aromatic rings. The molecule has 216 valence electrons. The van der Waals surface area contributed by atoms with Crippen molar-refractivity contribution in [1.82, 2.24) is 4.90 Å². The Morgan fingerprint density at radius 2 is 1.97 bits per heavy atom. The quantitative estimate of drug-likeness (QED) is 0.129. The summed E-state index contributed by atoms with van der Waals surface area (Å²) in [5.74, 6) is 0.116. The summed E-state index contributed by atoms with van der Waals surface area (Å²) in [6, 6.07) is -0.245. The number of allylic oxidation sites excluding steroid dienone is 8. The smallest absolute Gasteiger partial charge is 0.269 e. The topological polar surface area (TPSA) is 55.8 Å². The second kappa shape index (κ2) is 16.5. The number of methoxy groups -OCH3 is 1. The average Bonchev–Trinajstić information content (AvgIpc) is 3.15. The van der Waals surface area contributed by atoms with Gasteiger partial charge in [0.25, 0.3) is 11.8 Å². The molecule has 1 aliphatic carbocycles. The van der Waals surface area contributed by atoms with Crippen molar-refractivity contribution in [3.63, 3.8) is 0 Å². The van der Waals surface area contributed by atoms with Crippen LogP contribution in [-0.2, 0) is 19.1 Å². The summed E-state index contributed by atoms with van der Waals surface area (Å²) in [6.45, 7) is 17.6. The van der Waals surface area contributed by atoms with Crippen LogP contribution in [0.1, 0.15) is 73.6 Å². The van der Waals surface area contributed by atoms with Gasteiger partial charge < -0.3 is 9.47 Å². The highest BCUT2D eigenvalue weighted by molar-refractivity contribution is 8.11. The zero-order valence-corrected chi connectivity index (χ0v) is 26.5. The number of nitrogens with zero attached hydrogens (tertiary/aromatic N) is 1. The maximum Gasteiger partial charge on any atom is 0.269 e. The summed E-state index contributed by atoms with van der Waals surface area (Å²) in [7, 11) is 1.71. The fourth-order valence-electron chi connectivity index (χ4n) is 4.64. The van der Waals surface area contributed by atoms with Crippen LogP contribution in [-0.4, -0.2) is 48.7 Å². The highest BCUT2D eigenvalue weighted by Gasteiger charge is 2.43. The lowest BCUT2D eigenvalue weighted by Crippen LogP contribution is -2.44. The maximum absolute atomic E-state index is 13.9. The van der Waals surface area contributed by atoms with Gasteiger partial charge in [-0.25, -0.2) is 0 Å². The second-order valence-electron chi connectivity index (χ2n) is 10.4. The van der Waals surface area contributed by atoms with Crippen LogP contribution in [0.15, 0.2) is 68.7 Å². The van der Waals surface area contributed by atoms with Crippen LogP contribution in [0, 0.1) is 11.8 Å². The number of carbonyl (C=O) groups excluding carboxylic acids is 2. The van der Waals surface area contributed by atoms with E-state index in [0.717, 1.165) is 41.9 Å². The highest BCUT2D eigenvalue weighted by atomic mass is 32.2. The number of rotatable bonds is 17. The third kappa shape index (κ3) is 9.38. The highest BCUT2D eigenvalue weighted by Crippen LogP contribution is 2.45. The van der Waals surface area contributed by atoms with E-state index in [1.807, 2.05) is 44.2 Å². The Kier molecular flexibility index (Phi) is 14.1. The summed E-state index contributed by atoms with van der Waals surface area (Å²) in [5, 5.41) is 0. The van der Waals surface area contributed by atoms with Crippen molar-refractivity contribution in [1.29, 1.82) is 0 Å². The summed E-state index contributed by atoms with van der Waals surface area (Å²) in [4.78, 5) is 32.2. The third-order valence-electron chi connectivity index (χ3n) is 7.52. The van der Waals surface area contributed by atoms with E-state index in [1.54, 1.807) is 13.2 Å². The first-order valence-electron chi connectivity index (χ1n) is 14.1. The van der Waals surface area contributed by atoms with E-state index in [1.165, 1.54) is 28.4 Å². The summed E-state index contributed by atoms with van der Waals surface area (Å²) >= 11 is 2.77. The maximum atomic E-state index is 13.9. The van der Waals surface area contributed by atoms with Gasteiger partial charge in [-0.05, 0) is 69.3 Å². The SMILES string of the molecule is C=CC(=CC=CC)SC1=C(SC2=CC=CC(C)C2)C(=O)N(C(C)C(CC)CCOC(C)(CC)CCOC)C1=O. The van der Waals surface area contributed by atoms with E-state index in [4.69, 9.17) is 9.47 Å². The van der Waals surface area contributed by atoms with Crippen LogP contribution in [0.4, 0.5) is 0 Å². The van der Waals surface area contributed by atoms with Crippen LogP contribution >= 0.6 is 23.5 Å². The van der Waals surface area contributed by atoms with E-state index in [0.29, 0.717) is 28.9 Å². The van der Waals surface area contributed by atoms with Crippen molar-refractivity contribution in [3.05, 3.63) is 68.7 Å². The van der Waals surface area contributed by atoms with E-state index in [-0.39, 0.29) is 29.4 Å². The van der Waals surface area contributed by atoms with Gasteiger partial charge in [-0.3, -0.25) is 14.5 Å². The molecule has 39 heavy (non-hydrogen) atoms. The standard InChI is InChI=1S/C32H47NO4S2/c1-9-13-16-26(11-3)38-28-29(39-27-17-14-15-23(5)22-27)31(35)33(30(28)34)24(6)25(10-2)18-20-37-32(7,12-4)19-21-36-8/h9,11,13-17,23-25H,3,10,12,18-22H2,1-2,4-8H3. The molecule has 2 rings (SSSR count). The van der Waals surface area contributed by atoms with Crippen molar-refractivity contribution in [2.24, 2.45) is 11.8 Å². The predicted molar refractivity (Wildman–Crippen MR) is 167 cm³/mol. The zero-order valence-electron chi connectivity index (χ0n) is 24.8. The number of hydrogen-bond acceptors (Lipinski definition) is 6. The van der Waals surface area contributed by atoms with Crippen molar-refractivity contribution < 1.29 is 19.1 Å². The molecule has 1 aliphatic heterocycles. The number of imide groups is 1. The number of ether oxygens (including phenoxy) is 2. The Morgan fingerprint density at radius 1 is 1.26 bits per heavy atom. The Morgan fingerprint density at radius 3 is 2.56 bits per heavy atom. The van der Waals surface area contributed by atoms with Gasteiger partial charge in [0.15, 0.2) is 0 Å².